The average molecular weight is 278 g/mol. The molecule has 102 valence electrons. The van der Waals surface area contributed by atoms with Gasteiger partial charge in [0.2, 0.25) is 0 Å². The summed E-state index contributed by atoms with van der Waals surface area (Å²) in [7, 11) is 0. The second-order valence-electron chi connectivity index (χ2n) is 3.67. The SMILES string of the molecule is FCC1(F)C(F)(F)CC(F)(F)C(F)(F)C1(F)F. The maximum Gasteiger partial charge on any atom is 0.375 e. The fourth-order valence-corrected chi connectivity index (χ4v) is 1.42. The molecule has 1 unspecified atom stereocenters. The molecule has 1 aliphatic rings. The summed E-state index contributed by atoms with van der Waals surface area (Å²) in [5.41, 5.74) is -5.66. The first-order chi connectivity index (χ1) is 7.27. The Morgan fingerprint density at radius 2 is 1.06 bits per heavy atom. The summed E-state index contributed by atoms with van der Waals surface area (Å²) in [4.78, 5) is 0. The largest absolute Gasteiger partial charge is 0.375 e. The monoisotopic (exact) mass is 278 g/mol. The van der Waals surface area contributed by atoms with Crippen LogP contribution in [0, 0.1) is 0 Å². The van der Waals surface area contributed by atoms with E-state index in [0.717, 1.165) is 0 Å². The molecule has 0 amide bonds. The predicted octanol–water partition coefficient (Wildman–Crippen LogP) is 3.61. The van der Waals surface area contributed by atoms with Crippen LogP contribution in [-0.4, -0.2) is 36.0 Å². The Morgan fingerprint density at radius 1 is 0.647 bits per heavy atom. The van der Waals surface area contributed by atoms with Crippen LogP contribution in [0.15, 0.2) is 0 Å². The van der Waals surface area contributed by atoms with Gasteiger partial charge in [0.15, 0.2) is 0 Å². The minimum atomic E-state index is -6.53. The van der Waals surface area contributed by atoms with Gasteiger partial charge in [-0.25, -0.2) is 17.6 Å². The topological polar surface area (TPSA) is 0 Å². The highest BCUT2D eigenvalue weighted by molar-refractivity contribution is 5.19. The number of hydrogen-bond acceptors (Lipinski definition) is 0. The first-order valence-corrected chi connectivity index (χ1v) is 4.03. The van der Waals surface area contributed by atoms with Crippen LogP contribution in [0.25, 0.3) is 0 Å². The number of hydrogen-bond donors (Lipinski definition) is 0. The molecule has 1 saturated carbocycles. The van der Waals surface area contributed by atoms with Gasteiger partial charge in [0.25, 0.3) is 11.6 Å². The van der Waals surface area contributed by atoms with Crippen LogP contribution >= 0.6 is 0 Å². The fourth-order valence-electron chi connectivity index (χ4n) is 1.42. The molecule has 0 bridgehead atoms. The highest BCUT2D eigenvalue weighted by Gasteiger charge is 2.90. The lowest BCUT2D eigenvalue weighted by Gasteiger charge is -2.48. The second kappa shape index (κ2) is 3.19. The second-order valence-corrected chi connectivity index (χ2v) is 3.67. The van der Waals surface area contributed by atoms with E-state index in [1.807, 2.05) is 0 Å². The third-order valence-electron chi connectivity index (χ3n) is 2.56. The van der Waals surface area contributed by atoms with Gasteiger partial charge >= 0.3 is 17.8 Å². The van der Waals surface area contributed by atoms with Gasteiger partial charge in [-0.1, -0.05) is 0 Å². The molecule has 1 rings (SSSR count). The van der Waals surface area contributed by atoms with Gasteiger partial charge in [-0.05, 0) is 0 Å². The maximum absolute atomic E-state index is 13.0. The summed E-state index contributed by atoms with van der Waals surface area (Å²) in [5.74, 6) is -24.4. The quantitative estimate of drug-likeness (QED) is 0.643. The molecule has 1 atom stereocenters. The Kier molecular flexibility index (Phi) is 2.70. The first-order valence-electron chi connectivity index (χ1n) is 4.03. The third-order valence-corrected chi connectivity index (χ3v) is 2.56. The van der Waals surface area contributed by atoms with E-state index in [-0.39, 0.29) is 0 Å². The van der Waals surface area contributed by atoms with Crippen molar-refractivity contribution in [2.24, 2.45) is 0 Å². The molecular formula is C7H4F10. The molecule has 0 aliphatic heterocycles. The van der Waals surface area contributed by atoms with Crippen molar-refractivity contribution in [1.82, 2.24) is 0 Å². The lowest BCUT2D eigenvalue weighted by atomic mass is 9.75. The van der Waals surface area contributed by atoms with Gasteiger partial charge in [0, 0.05) is 0 Å². The average Bonchev–Trinajstić information content (AvgIpc) is 2.12. The van der Waals surface area contributed by atoms with E-state index in [9.17, 15) is 43.9 Å². The van der Waals surface area contributed by atoms with E-state index in [4.69, 9.17) is 0 Å². The maximum atomic E-state index is 13.0. The summed E-state index contributed by atoms with van der Waals surface area (Å²) in [5, 5.41) is 0. The van der Waals surface area contributed by atoms with Crippen molar-refractivity contribution >= 4 is 0 Å². The molecule has 0 radical (unpaired) electrons. The van der Waals surface area contributed by atoms with Gasteiger partial charge in [0.1, 0.15) is 6.67 Å². The Morgan fingerprint density at radius 3 is 1.41 bits per heavy atom. The van der Waals surface area contributed by atoms with Crippen molar-refractivity contribution in [1.29, 1.82) is 0 Å². The Hall–Kier alpha value is -0.700. The highest BCUT2D eigenvalue weighted by Crippen LogP contribution is 2.63. The van der Waals surface area contributed by atoms with Crippen molar-refractivity contribution in [3.05, 3.63) is 0 Å². The predicted molar refractivity (Wildman–Crippen MR) is 34.2 cm³/mol. The smallest absolute Gasteiger partial charge is 0.247 e. The standard InChI is InChI=1S/C7H4F10/c8-2-3(9)4(10,11)1-5(12,13)7(16,17)6(3,14)15/h1-2H2. The van der Waals surface area contributed by atoms with E-state index in [1.165, 1.54) is 0 Å². The van der Waals surface area contributed by atoms with Crippen molar-refractivity contribution in [3.63, 3.8) is 0 Å². The summed E-state index contributed by atoms with van der Waals surface area (Å²) in [6.45, 7) is -3.21. The zero-order valence-corrected chi connectivity index (χ0v) is 7.69. The summed E-state index contributed by atoms with van der Waals surface area (Å²) in [6.07, 6.45) is -3.19. The van der Waals surface area contributed by atoms with Crippen LogP contribution in [0.2, 0.25) is 0 Å². The number of rotatable bonds is 1. The molecule has 0 N–H and O–H groups in total. The molecule has 0 aromatic carbocycles. The van der Waals surface area contributed by atoms with Crippen molar-refractivity contribution < 1.29 is 43.9 Å². The Bertz CT molecular complexity index is 321. The molecule has 0 aromatic rings. The summed E-state index contributed by atoms with van der Waals surface area (Å²) >= 11 is 0. The lowest BCUT2D eigenvalue weighted by molar-refractivity contribution is -0.416. The minimum Gasteiger partial charge on any atom is -0.247 e. The van der Waals surface area contributed by atoms with E-state index in [0.29, 0.717) is 0 Å². The lowest BCUT2D eigenvalue weighted by Crippen LogP contribution is -2.75. The molecule has 1 aliphatic carbocycles. The van der Waals surface area contributed by atoms with Gasteiger partial charge in [-0.2, -0.15) is 26.3 Å². The fraction of sp³-hybridized carbons (Fsp3) is 1.00. The molecule has 10 heteroatoms. The Balaban J connectivity index is 3.48. The highest BCUT2D eigenvalue weighted by atomic mass is 19.4. The molecular weight excluding hydrogens is 274 g/mol. The van der Waals surface area contributed by atoms with Crippen LogP contribution in [0.1, 0.15) is 6.42 Å². The molecule has 1 fully saturated rings. The molecule has 0 heterocycles. The molecule has 0 aromatic heterocycles. The number of halogens is 10. The van der Waals surface area contributed by atoms with E-state index < -0.39 is 42.5 Å². The van der Waals surface area contributed by atoms with Crippen LogP contribution in [0.4, 0.5) is 43.9 Å². The van der Waals surface area contributed by atoms with Crippen molar-refractivity contribution in [2.45, 2.75) is 35.8 Å². The van der Waals surface area contributed by atoms with Gasteiger partial charge in [-0.3, -0.25) is 0 Å². The molecule has 17 heavy (non-hydrogen) atoms. The first kappa shape index (κ1) is 14.4. The minimum absolute atomic E-state index is 3.19. The molecule has 0 saturated heterocycles. The van der Waals surface area contributed by atoms with Crippen LogP contribution in [0.5, 0.6) is 0 Å². The van der Waals surface area contributed by atoms with Crippen LogP contribution in [-0.2, 0) is 0 Å². The zero-order chi connectivity index (χ0) is 13.9. The summed E-state index contributed by atoms with van der Waals surface area (Å²) < 4.78 is 126. The third kappa shape index (κ3) is 1.38. The Labute approximate surface area is 87.6 Å². The molecule has 0 nitrogen and oxygen atoms in total. The molecule has 0 spiro atoms. The van der Waals surface area contributed by atoms with Crippen LogP contribution < -0.4 is 0 Å². The van der Waals surface area contributed by atoms with Gasteiger partial charge in [0.05, 0.1) is 6.42 Å². The van der Waals surface area contributed by atoms with Gasteiger partial charge < -0.3 is 0 Å². The summed E-state index contributed by atoms with van der Waals surface area (Å²) in [6, 6.07) is 0. The zero-order valence-electron chi connectivity index (χ0n) is 7.69. The van der Waals surface area contributed by atoms with E-state index in [1.54, 1.807) is 0 Å². The van der Waals surface area contributed by atoms with E-state index in [2.05, 4.69) is 0 Å². The van der Waals surface area contributed by atoms with E-state index >= 15 is 0 Å². The van der Waals surface area contributed by atoms with Crippen molar-refractivity contribution in [3.8, 4) is 0 Å². The van der Waals surface area contributed by atoms with Crippen molar-refractivity contribution in [2.75, 3.05) is 6.67 Å². The normalized spacial score (nSPS) is 37.8. The van der Waals surface area contributed by atoms with Gasteiger partial charge in [-0.15, -0.1) is 0 Å². The number of alkyl halides is 10. The van der Waals surface area contributed by atoms with Crippen LogP contribution in [0.3, 0.4) is 0 Å².